The summed E-state index contributed by atoms with van der Waals surface area (Å²) in [5.74, 6) is 0. The van der Waals surface area contributed by atoms with Crippen LogP contribution < -0.4 is 9.63 Å². The maximum Gasteiger partial charge on any atom is 0.509 e. The second-order valence-corrected chi connectivity index (χ2v) is 11.7. The Morgan fingerprint density at radius 2 is 1.42 bits per heavy atom. The third-order valence-corrected chi connectivity index (χ3v) is 7.57. The number of rotatable bonds is 5. The molecule has 0 heterocycles. The van der Waals surface area contributed by atoms with E-state index < -0.39 is 17.1 Å². The number of nitrogens with one attached hydrogen (secondary N) is 2. The van der Waals surface area contributed by atoms with Gasteiger partial charge in [0, 0.05) is 14.2 Å². The van der Waals surface area contributed by atoms with Crippen LogP contribution in [0.25, 0.3) is 0 Å². The summed E-state index contributed by atoms with van der Waals surface area (Å²) in [5, 5.41) is 0. The fourth-order valence-electron chi connectivity index (χ4n) is 0.946. The lowest BCUT2D eigenvalue weighted by Gasteiger charge is -2.32. The summed E-state index contributed by atoms with van der Waals surface area (Å²) in [5.41, 5.74) is 0. The highest BCUT2D eigenvalue weighted by Crippen LogP contribution is 2.02. The Balaban J connectivity index is 4.30. The second kappa shape index (κ2) is 4.49. The van der Waals surface area contributed by atoms with Gasteiger partial charge in [-0.2, -0.15) is 0 Å². The molecule has 0 unspecified atom stereocenters. The average molecular weight is 208 g/mol. The normalized spacial score (nSPS) is 13.5. The molecule has 0 aromatic heterocycles. The minimum atomic E-state index is -2.29. The smallest absolute Gasteiger partial charge is 0.374 e. The van der Waals surface area contributed by atoms with Gasteiger partial charge < -0.3 is 13.5 Å². The van der Waals surface area contributed by atoms with Crippen molar-refractivity contribution in [2.24, 2.45) is 0 Å². The lowest BCUT2D eigenvalue weighted by atomic mass is 11.6. The lowest BCUT2D eigenvalue weighted by Crippen LogP contribution is -2.71. The van der Waals surface area contributed by atoms with Crippen LogP contribution in [0.5, 0.6) is 0 Å². The Bertz CT molecular complexity index is 126. The maximum absolute atomic E-state index is 5.34. The first-order valence-electron chi connectivity index (χ1n) is 3.97. The van der Waals surface area contributed by atoms with Crippen molar-refractivity contribution in [1.82, 2.24) is 9.63 Å². The van der Waals surface area contributed by atoms with Crippen LogP contribution in [0.4, 0.5) is 0 Å². The molecule has 0 radical (unpaired) electrons. The molecule has 0 saturated carbocycles. The van der Waals surface area contributed by atoms with E-state index in [1.165, 1.54) is 0 Å². The van der Waals surface area contributed by atoms with E-state index in [1.54, 1.807) is 14.2 Å². The molecule has 0 saturated heterocycles. The average Bonchev–Trinajstić information content (AvgIpc) is 1.99. The molecule has 0 aromatic rings. The van der Waals surface area contributed by atoms with Gasteiger partial charge in [-0.25, -0.2) is 0 Å². The second-order valence-electron chi connectivity index (χ2n) is 3.65. The van der Waals surface area contributed by atoms with Gasteiger partial charge in [0.05, 0.1) is 0 Å². The highest BCUT2D eigenvalue weighted by molar-refractivity contribution is 6.85. The molecule has 0 aliphatic heterocycles. The minimum Gasteiger partial charge on any atom is -0.374 e. The predicted molar refractivity (Wildman–Crippen MR) is 55.3 cm³/mol. The van der Waals surface area contributed by atoms with Gasteiger partial charge in [-0.3, -0.25) is 4.98 Å². The summed E-state index contributed by atoms with van der Waals surface area (Å²) in [6, 6.07) is 0. The van der Waals surface area contributed by atoms with Gasteiger partial charge in [0.1, 0.15) is 8.24 Å². The molecular formula is C6H20N2O2Si2. The molecule has 6 heteroatoms. The van der Waals surface area contributed by atoms with Crippen LogP contribution in [0.1, 0.15) is 0 Å². The first kappa shape index (κ1) is 12.3. The molecule has 12 heavy (non-hydrogen) atoms. The Morgan fingerprint density at radius 1 is 1.00 bits per heavy atom. The van der Waals surface area contributed by atoms with Crippen LogP contribution in [-0.4, -0.2) is 38.4 Å². The molecule has 74 valence electrons. The van der Waals surface area contributed by atoms with Gasteiger partial charge >= 0.3 is 8.88 Å². The zero-order valence-electron chi connectivity index (χ0n) is 8.82. The van der Waals surface area contributed by atoms with E-state index in [2.05, 4.69) is 29.3 Å². The van der Waals surface area contributed by atoms with Gasteiger partial charge in [0.2, 0.25) is 0 Å². The van der Waals surface area contributed by atoms with Crippen molar-refractivity contribution >= 4 is 17.1 Å². The fraction of sp³-hybridized carbons (Fsp3) is 1.00. The SMILES string of the molecule is CN[Si](N[Si](C)(C)C)(OC)OC. The summed E-state index contributed by atoms with van der Waals surface area (Å²) in [4.78, 5) is 3.09. The maximum atomic E-state index is 5.34. The molecule has 0 aliphatic rings. The van der Waals surface area contributed by atoms with E-state index in [0.29, 0.717) is 0 Å². The van der Waals surface area contributed by atoms with Crippen LogP contribution in [0, 0.1) is 0 Å². The summed E-state index contributed by atoms with van der Waals surface area (Å²) in [7, 11) is 1.54. The van der Waals surface area contributed by atoms with Crippen LogP contribution in [0.3, 0.4) is 0 Å². The Morgan fingerprint density at radius 3 is 1.50 bits per heavy atom. The topological polar surface area (TPSA) is 42.5 Å². The van der Waals surface area contributed by atoms with Crippen molar-refractivity contribution in [1.29, 1.82) is 0 Å². The molecule has 0 atom stereocenters. The van der Waals surface area contributed by atoms with Crippen LogP contribution in [0.2, 0.25) is 19.6 Å². The molecule has 0 fully saturated rings. The highest BCUT2D eigenvalue weighted by Gasteiger charge is 2.39. The van der Waals surface area contributed by atoms with Gasteiger partial charge in [0.15, 0.2) is 0 Å². The molecular weight excluding hydrogens is 188 g/mol. The molecule has 0 amide bonds. The predicted octanol–water partition coefficient (Wildman–Crippen LogP) is 0.359. The summed E-state index contributed by atoms with van der Waals surface area (Å²) >= 11 is 0. The van der Waals surface area contributed by atoms with Crippen molar-refractivity contribution in [3.05, 3.63) is 0 Å². The van der Waals surface area contributed by atoms with Crippen LogP contribution in [0.15, 0.2) is 0 Å². The monoisotopic (exact) mass is 208 g/mol. The molecule has 0 aliphatic carbocycles. The lowest BCUT2D eigenvalue weighted by molar-refractivity contribution is 0.226. The van der Waals surface area contributed by atoms with Crippen molar-refractivity contribution < 1.29 is 8.85 Å². The van der Waals surface area contributed by atoms with Crippen LogP contribution in [-0.2, 0) is 8.85 Å². The molecule has 0 aromatic carbocycles. The quantitative estimate of drug-likeness (QED) is 0.640. The Hall–Kier alpha value is 0.274. The van der Waals surface area contributed by atoms with Gasteiger partial charge in [-0.15, -0.1) is 0 Å². The standard InChI is InChI=1S/C6H20N2O2Si2/c1-7-12(9-2,10-3)8-11(4,5)6/h7-8H,1-6H3. The first-order chi connectivity index (χ1) is 5.39. The van der Waals surface area contributed by atoms with Crippen molar-refractivity contribution in [3.63, 3.8) is 0 Å². The third-order valence-electron chi connectivity index (χ3n) is 1.44. The number of hydrogen-bond acceptors (Lipinski definition) is 4. The van der Waals surface area contributed by atoms with Crippen molar-refractivity contribution in [2.75, 3.05) is 21.3 Å². The minimum absolute atomic E-state index is 1.36. The Kier molecular flexibility index (Phi) is 4.60. The van der Waals surface area contributed by atoms with Crippen LogP contribution >= 0.6 is 0 Å². The largest absolute Gasteiger partial charge is 0.509 e. The zero-order chi connectivity index (χ0) is 9.83. The zero-order valence-corrected chi connectivity index (χ0v) is 10.8. The van der Waals surface area contributed by atoms with Crippen molar-refractivity contribution in [3.8, 4) is 0 Å². The number of hydrogen-bond donors (Lipinski definition) is 2. The van der Waals surface area contributed by atoms with E-state index in [9.17, 15) is 0 Å². The van der Waals surface area contributed by atoms with E-state index >= 15 is 0 Å². The van der Waals surface area contributed by atoms with E-state index in [1.807, 2.05) is 7.05 Å². The highest BCUT2D eigenvalue weighted by atomic mass is 28.4. The van der Waals surface area contributed by atoms with Gasteiger partial charge in [-0.05, 0) is 7.05 Å². The molecule has 0 rings (SSSR count). The van der Waals surface area contributed by atoms with Gasteiger partial charge in [-0.1, -0.05) is 19.6 Å². The molecule has 4 nitrogen and oxygen atoms in total. The summed E-state index contributed by atoms with van der Waals surface area (Å²) < 4.78 is 14.1. The molecule has 0 bridgehead atoms. The summed E-state index contributed by atoms with van der Waals surface area (Å²) in [6.45, 7) is 6.64. The van der Waals surface area contributed by atoms with E-state index in [4.69, 9.17) is 8.85 Å². The first-order valence-corrected chi connectivity index (χ1v) is 9.29. The van der Waals surface area contributed by atoms with Gasteiger partial charge in [0.25, 0.3) is 0 Å². The van der Waals surface area contributed by atoms with E-state index in [-0.39, 0.29) is 0 Å². The fourth-order valence-corrected chi connectivity index (χ4v) is 6.79. The Labute approximate surface area is 77.1 Å². The van der Waals surface area contributed by atoms with E-state index in [0.717, 1.165) is 0 Å². The molecule has 0 spiro atoms. The summed E-state index contributed by atoms with van der Waals surface area (Å²) in [6.07, 6.45) is 0. The molecule has 2 N–H and O–H groups in total. The van der Waals surface area contributed by atoms with Crippen molar-refractivity contribution in [2.45, 2.75) is 19.6 Å². The third kappa shape index (κ3) is 3.79.